The van der Waals surface area contributed by atoms with Gasteiger partial charge in [0.1, 0.15) is 5.75 Å². The Morgan fingerprint density at radius 1 is 1.28 bits per heavy atom. The van der Waals surface area contributed by atoms with E-state index in [0.29, 0.717) is 6.04 Å². The van der Waals surface area contributed by atoms with Gasteiger partial charge < -0.3 is 15.8 Å². The molecule has 3 heteroatoms. The van der Waals surface area contributed by atoms with E-state index in [9.17, 15) is 0 Å². The molecule has 100 valence electrons. The summed E-state index contributed by atoms with van der Waals surface area (Å²) in [5.74, 6) is 1.78. The van der Waals surface area contributed by atoms with Crippen LogP contribution in [0.4, 0.5) is 11.4 Å². The fourth-order valence-corrected chi connectivity index (χ4v) is 2.72. The summed E-state index contributed by atoms with van der Waals surface area (Å²) in [7, 11) is 1.68. The van der Waals surface area contributed by atoms with E-state index in [1.54, 1.807) is 7.11 Å². The van der Waals surface area contributed by atoms with Gasteiger partial charge in [-0.1, -0.05) is 13.3 Å². The van der Waals surface area contributed by atoms with E-state index in [4.69, 9.17) is 10.5 Å². The quantitative estimate of drug-likeness (QED) is 0.799. The monoisotopic (exact) mass is 248 g/mol. The van der Waals surface area contributed by atoms with Crippen molar-refractivity contribution in [1.29, 1.82) is 0 Å². The van der Waals surface area contributed by atoms with Gasteiger partial charge in [0, 0.05) is 12.1 Å². The zero-order chi connectivity index (χ0) is 13.0. The standard InChI is InChI=1S/C15H24N2O/c1-3-11-4-6-12(7-5-11)17-15-10-13(18-2)8-9-14(15)16/h8-12,17H,3-7,16H2,1-2H3. The Bertz CT molecular complexity index is 384. The number of benzene rings is 1. The molecule has 0 spiro atoms. The third-order valence-corrected chi connectivity index (χ3v) is 4.04. The summed E-state index contributed by atoms with van der Waals surface area (Å²) < 4.78 is 5.24. The van der Waals surface area contributed by atoms with Gasteiger partial charge in [-0.25, -0.2) is 0 Å². The lowest BCUT2D eigenvalue weighted by Crippen LogP contribution is -2.26. The average molecular weight is 248 g/mol. The SMILES string of the molecule is CCC1CCC(Nc2cc(OC)ccc2N)CC1. The maximum atomic E-state index is 6.00. The summed E-state index contributed by atoms with van der Waals surface area (Å²) in [5.41, 5.74) is 7.80. The summed E-state index contributed by atoms with van der Waals surface area (Å²) in [4.78, 5) is 0. The van der Waals surface area contributed by atoms with Crippen molar-refractivity contribution in [3.05, 3.63) is 18.2 Å². The number of nitrogen functional groups attached to an aromatic ring is 1. The third-order valence-electron chi connectivity index (χ3n) is 4.04. The molecule has 0 atom stereocenters. The van der Waals surface area contributed by atoms with Crippen molar-refractivity contribution in [2.75, 3.05) is 18.2 Å². The largest absolute Gasteiger partial charge is 0.497 e. The van der Waals surface area contributed by atoms with E-state index in [2.05, 4.69) is 12.2 Å². The Morgan fingerprint density at radius 2 is 2.00 bits per heavy atom. The van der Waals surface area contributed by atoms with E-state index in [0.717, 1.165) is 23.0 Å². The van der Waals surface area contributed by atoms with E-state index in [1.165, 1.54) is 32.1 Å². The lowest BCUT2D eigenvalue weighted by atomic mass is 9.84. The van der Waals surface area contributed by atoms with Crippen LogP contribution in [0.5, 0.6) is 5.75 Å². The summed E-state index contributed by atoms with van der Waals surface area (Å²) in [6.45, 7) is 2.29. The highest BCUT2D eigenvalue weighted by atomic mass is 16.5. The molecule has 1 aliphatic rings. The minimum Gasteiger partial charge on any atom is -0.497 e. The first-order valence-electron chi connectivity index (χ1n) is 6.93. The first-order chi connectivity index (χ1) is 8.72. The maximum absolute atomic E-state index is 6.00. The van der Waals surface area contributed by atoms with Gasteiger partial charge in [0.15, 0.2) is 0 Å². The molecule has 1 aromatic rings. The van der Waals surface area contributed by atoms with Gasteiger partial charge in [-0.05, 0) is 43.7 Å². The molecule has 0 aliphatic heterocycles. The highest BCUT2D eigenvalue weighted by Gasteiger charge is 2.20. The molecular weight excluding hydrogens is 224 g/mol. The van der Waals surface area contributed by atoms with Gasteiger partial charge in [0.2, 0.25) is 0 Å². The Labute approximate surface area is 110 Å². The van der Waals surface area contributed by atoms with E-state index >= 15 is 0 Å². The highest BCUT2D eigenvalue weighted by molar-refractivity contribution is 5.68. The molecule has 0 radical (unpaired) electrons. The predicted octanol–water partition coefficient (Wildman–Crippen LogP) is 3.66. The molecule has 1 aliphatic carbocycles. The Kier molecular flexibility index (Phi) is 4.34. The minimum atomic E-state index is 0.558. The average Bonchev–Trinajstić information content (AvgIpc) is 2.42. The van der Waals surface area contributed by atoms with Gasteiger partial charge in [-0.2, -0.15) is 0 Å². The second-order valence-electron chi connectivity index (χ2n) is 5.22. The smallest absolute Gasteiger partial charge is 0.121 e. The van der Waals surface area contributed by atoms with Crippen LogP contribution in [0.25, 0.3) is 0 Å². The van der Waals surface area contributed by atoms with Crippen molar-refractivity contribution in [2.24, 2.45) is 5.92 Å². The van der Waals surface area contributed by atoms with Crippen LogP contribution in [-0.2, 0) is 0 Å². The number of methoxy groups -OCH3 is 1. The van der Waals surface area contributed by atoms with Crippen LogP contribution in [0.2, 0.25) is 0 Å². The summed E-state index contributed by atoms with van der Waals surface area (Å²) in [6, 6.07) is 6.34. The van der Waals surface area contributed by atoms with Crippen LogP contribution < -0.4 is 15.8 Å². The molecule has 3 nitrogen and oxygen atoms in total. The zero-order valence-electron chi connectivity index (χ0n) is 11.4. The third kappa shape index (κ3) is 3.09. The van der Waals surface area contributed by atoms with Gasteiger partial charge in [-0.3, -0.25) is 0 Å². The Balaban J connectivity index is 1.97. The molecule has 1 fully saturated rings. The van der Waals surface area contributed by atoms with Crippen LogP contribution >= 0.6 is 0 Å². The maximum Gasteiger partial charge on any atom is 0.121 e. The second-order valence-corrected chi connectivity index (χ2v) is 5.22. The lowest BCUT2D eigenvalue weighted by molar-refractivity contribution is 0.330. The first kappa shape index (κ1) is 13.1. The second kappa shape index (κ2) is 5.98. The number of rotatable bonds is 4. The number of anilines is 2. The van der Waals surface area contributed by atoms with Crippen molar-refractivity contribution in [3.63, 3.8) is 0 Å². The van der Waals surface area contributed by atoms with Crippen molar-refractivity contribution >= 4 is 11.4 Å². The van der Waals surface area contributed by atoms with Crippen molar-refractivity contribution in [3.8, 4) is 5.75 Å². The number of nitrogens with one attached hydrogen (secondary N) is 1. The molecule has 0 heterocycles. The van der Waals surface area contributed by atoms with Crippen molar-refractivity contribution in [2.45, 2.75) is 45.1 Å². The Hall–Kier alpha value is -1.38. The molecule has 2 rings (SSSR count). The van der Waals surface area contributed by atoms with E-state index in [1.807, 2.05) is 18.2 Å². The molecule has 1 aromatic carbocycles. The minimum absolute atomic E-state index is 0.558. The number of hydrogen-bond donors (Lipinski definition) is 2. The summed E-state index contributed by atoms with van der Waals surface area (Å²) in [5, 5.41) is 3.56. The van der Waals surface area contributed by atoms with Crippen LogP contribution in [0, 0.1) is 5.92 Å². The molecule has 0 saturated heterocycles. The molecule has 18 heavy (non-hydrogen) atoms. The van der Waals surface area contributed by atoms with Crippen molar-refractivity contribution < 1.29 is 4.74 Å². The van der Waals surface area contributed by atoms with Crippen LogP contribution in [-0.4, -0.2) is 13.2 Å². The van der Waals surface area contributed by atoms with Crippen LogP contribution in [0.1, 0.15) is 39.0 Å². The van der Waals surface area contributed by atoms with Gasteiger partial charge in [0.05, 0.1) is 18.5 Å². The fourth-order valence-electron chi connectivity index (χ4n) is 2.72. The molecule has 0 bridgehead atoms. The van der Waals surface area contributed by atoms with Crippen molar-refractivity contribution in [1.82, 2.24) is 0 Å². The van der Waals surface area contributed by atoms with E-state index < -0.39 is 0 Å². The molecule has 0 aromatic heterocycles. The van der Waals surface area contributed by atoms with Gasteiger partial charge >= 0.3 is 0 Å². The molecule has 1 saturated carbocycles. The lowest BCUT2D eigenvalue weighted by Gasteiger charge is -2.29. The van der Waals surface area contributed by atoms with E-state index in [-0.39, 0.29) is 0 Å². The summed E-state index contributed by atoms with van der Waals surface area (Å²) >= 11 is 0. The number of hydrogen-bond acceptors (Lipinski definition) is 3. The molecule has 3 N–H and O–H groups in total. The number of nitrogens with two attached hydrogens (primary N) is 1. The normalized spacial score (nSPS) is 23.7. The van der Waals surface area contributed by atoms with Crippen LogP contribution in [0.15, 0.2) is 18.2 Å². The summed E-state index contributed by atoms with van der Waals surface area (Å²) in [6.07, 6.45) is 6.47. The van der Waals surface area contributed by atoms with Gasteiger partial charge in [0.25, 0.3) is 0 Å². The van der Waals surface area contributed by atoms with Gasteiger partial charge in [-0.15, -0.1) is 0 Å². The molecule has 0 unspecified atom stereocenters. The highest BCUT2D eigenvalue weighted by Crippen LogP contribution is 2.31. The fraction of sp³-hybridized carbons (Fsp3) is 0.600. The topological polar surface area (TPSA) is 47.3 Å². The Morgan fingerprint density at radius 3 is 2.61 bits per heavy atom. The van der Waals surface area contributed by atoms with Crippen LogP contribution in [0.3, 0.4) is 0 Å². The predicted molar refractivity (Wildman–Crippen MR) is 77.1 cm³/mol. The first-order valence-corrected chi connectivity index (χ1v) is 6.93. The number of ether oxygens (including phenoxy) is 1. The molecule has 0 amide bonds. The zero-order valence-corrected chi connectivity index (χ0v) is 11.4. The molecular formula is C15H24N2O.